The molecule has 3 aliphatic rings. The van der Waals surface area contributed by atoms with Gasteiger partial charge < -0.3 is 9.47 Å². The predicted molar refractivity (Wildman–Crippen MR) is 78.3 cm³/mol. The summed E-state index contributed by atoms with van der Waals surface area (Å²) in [6, 6.07) is 5.46. The number of Topliss-reactive ketones (excluding diaryl/α,β-unsaturated/α-hetero) is 2. The Labute approximate surface area is 130 Å². The molecule has 0 amide bonds. The summed E-state index contributed by atoms with van der Waals surface area (Å²) in [7, 11) is 1.56. The van der Waals surface area contributed by atoms with E-state index in [0.717, 1.165) is 17.3 Å². The van der Waals surface area contributed by atoms with Crippen LogP contribution in [0, 0.1) is 11.8 Å². The molecule has 4 nitrogen and oxygen atoms in total. The standard InChI is InChI=1S/C16H15BrO4/c1-20-11-6-7(17)2-3-8(11)12-15(18)13-9-4-5-10(21-9)14(13)16(12)19/h2-3,6,9-10,12-14H,4-5H2,1H3/t9-,10+,12?,13-,14+. The van der Waals surface area contributed by atoms with Crippen LogP contribution < -0.4 is 4.74 Å². The van der Waals surface area contributed by atoms with E-state index < -0.39 is 5.92 Å². The first kappa shape index (κ1) is 13.5. The lowest BCUT2D eigenvalue weighted by Gasteiger charge is -2.16. The van der Waals surface area contributed by atoms with Gasteiger partial charge in [0.15, 0.2) is 11.6 Å². The van der Waals surface area contributed by atoms with E-state index in [0.29, 0.717) is 11.3 Å². The van der Waals surface area contributed by atoms with Gasteiger partial charge in [-0.15, -0.1) is 0 Å². The molecule has 0 radical (unpaired) electrons. The van der Waals surface area contributed by atoms with Crippen LogP contribution in [0.2, 0.25) is 0 Å². The second-order valence-electron chi connectivity index (χ2n) is 5.97. The number of methoxy groups -OCH3 is 1. The quantitative estimate of drug-likeness (QED) is 0.769. The third kappa shape index (κ3) is 1.77. The topological polar surface area (TPSA) is 52.6 Å². The Morgan fingerprint density at radius 3 is 2.33 bits per heavy atom. The fraction of sp³-hybridized carbons (Fsp3) is 0.500. The summed E-state index contributed by atoms with van der Waals surface area (Å²) >= 11 is 3.38. The van der Waals surface area contributed by atoms with Gasteiger partial charge in [-0.25, -0.2) is 0 Å². The highest BCUT2D eigenvalue weighted by atomic mass is 79.9. The minimum absolute atomic E-state index is 0.0119. The van der Waals surface area contributed by atoms with E-state index in [4.69, 9.17) is 9.47 Å². The molecule has 0 aromatic heterocycles. The van der Waals surface area contributed by atoms with Crippen molar-refractivity contribution in [1.29, 1.82) is 0 Å². The molecule has 4 rings (SSSR count). The van der Waals surface area contributed by atoms with Crippen molar-refractivity contribution in [2.75, 3.05) is 7.11 Å². The number of ether oxygens (including phenoxy) is 2. The summed E-state index contributed by atoms with van der Waals surface area (Å²) in [6.45, 7) is 0. The normalized spacial score (nSPS) is 37.1. The average molecular weight is 351 g/mol. The number of ketones is 2. The highest BCUT2D eigenvalue weighted by Gasteiger charge is 2.63. The number of rotatable bonds is 2. The Morgan fingerprint density at radius 1 is 1.14 bits per heavy atom. The van der Waals surface area contributed by atoms with E-state index in [-0.39, 0.29) is 35.6 Å². The third-order valence-corrected chi connectivity index (χ3v) is 5.50. The zero-order valence-electron chi connectivity index (χ0n) is 11.5. The van der Waals surface area contributed by atoms with Crippen LogP contribution in [0.25, 0.3) is 0 Å². The van der Waals surface area contributed by atoms with Gasteiger partial charge in [0.1, 0.15) is 11.7 Å². The summed E-state index contributed by atoms with van der Waals surface area (Å²) < 4.78 is 12.0. The minimum Gasteiger partial charge on any atom is -0.496 e. The molecule has 2 bridgehead atoms. The van der Waals surface area contributed by atoms with Crippen molar-refractivity contribution in [1.82, 2.24) is 0 Å². The minimum atomic E-state index is -0.685. The lowest BCUT2D eigenvalue weighted by molar-refractivity contribution is -0.127. The summed E-state index contributed by atoms with van der Waals surface area (Å²) in [5.74, 6) is -0.556. The van der Waals surface area contributed by atoms with Gasteiger partial charge in [-0.3, -0.25) is 9.59 Å². The molecule has 21 heavy (non-hydrogen) atoms. The fourth-order valence-electron chi connectivity index (χ4n) is 4.16. The van der Waals surface area contributed by atoms with Crippen LogP contribution in [0.1, 0.15) is 24.3 Å². The fourth-order valence-corrected chi connectivity index (χ4v) is 4.50. The van der Waals surface area contributed by atoms with E-state index >= 15 is 0 Å². The van der Waals surface area contributed by atoms with Gasteiger partial charge in [0.2, 0.25) is 0 Å². The van der Waals surface area contributed by atoms with Crippen molar-refractivity contribution in [2.45, 2.75) is 31.0 Å². The van der Waals surface area contributed by atoms with Crippen LogP contribution in [-0.2, 0) is 14.3 Å². The Hall–Kier alpha value is -1.20. The molecule has 2 saturated heterocycles. The van der Waals surface area contributed by atoms with Crippen molar-refractivity contribution >= 4 is 27.5 Å². The highest BCUT2D eigenvalue weighted by molar-refractivity contribution is 9.10. The smallest absolute Gasteiger partial charge is 0.154 e. The predicted octanol–water partition coefficient (Wildman–Crippen LogP) is 2.49. The van der Waals surface area contributed by atoms with Crippen molar-refractivity contribution in [3.8, 4) is 5.75 Å². The lowest BCUT2D eigenvalue weighted by Crippen LogP contribution is -2.29. The summed E-state index contributed by atoms with van der Waals surface area (Å²) in [5, 5.41) is 0. The van der Waals surface area contributed by atoms with Crippen LogP contribution in [0.4, 0.5) is 0 Å². The molecule has 5 heteroatoms. The van der Waals surface area contributed by atoms with E-state index in [1.807, 2.05) is 12.1 Å². The first-order valence-corrected chi connectivity index (χ1v) is 7.97. The molecule has 5 atom stereocenters. The van der Waals surface area contributed by atoms with Gasteiger partial charge in [-0.05, 0) is 25.0 Å². The van der Waals surface area contributed by atoms with Crippen molar-refractivity contribution in [2.24, 2.45) is 11.8 Å². The molecule has 1 saturated carbocycles. The molecule has 1 aromatic carbocycles. The van der Waals surface area contributed by atoms with E-state index in [9.17, 15) is 9.59 Å². The zero-order valence-corrected chi connectivity index (χ0v) is 13.1. The monoisotopic (exact) mass is 350 g/mol. The highest BCUT2D eigenvalue weighted by Crippen LogP contribution is 2.53. The largest absolute Gasteiger partial charge is 0.496 e. The number of fused-ring (bicyclic) bond motifs is 5. The number of halogens is 1. The molecular formula is C16H15BrO4. The molecule has 3 fully saturated rings. The molecule has 110 valence electrons. The van der Waals surface area contributed by atoms with Crippen LogP contribution in [-0.4, -0.2) is 30.9 Å². The first-order chi connectivity index (χ1) is 10.1. The zero-order chi connectivity index (χ0) is 14.7. The molecule has 2 aliphatic heterocycles. The number of hydrogen-bond acceptors (Lipinski definition) is 4. The maximum Gasteiger partial charge on any atom is 0.154 e. The third-order valence-electron chi connectivity index (χ3n) is 5.01. The first-order valence-electron chi connectivity index (χ1n) is 7.18. The van der Waals surface area contributed by atoms with Crippen molar-refractivity contribution in [3.63, 3.8) is 0 Å². The van der Waals surface area contributed by atoms with Gasteiger partial charge in [-0.2, -0.15) is 0 Å². The van der Waals surface area contributed by atoms with E-state index in [2.05, 4.69) is 15.9 Å². The van der Waals surface area contributed by atoms with Gasteiger partial charge >= 0.3 is 0 Å². The van der Waals surface area contributed by atoms with Gasteiger partial charge in [0.25, 0.3) is 0 Å². The number of carbonyl (C=O) groups is 2. The molecule has 1 aliphatic carbocycles. The van der Waals surface area contributed by atoms with E-state index in [1.54, 1.807) is 13.2 Å². The second-order valence-corrected chi connectivity index (χ2v) is 6.88. The summed E-state index contributed by atoms with van der Waals surface area (Å²) in [4.78, 5) is 25.5. The van der Waals surface area contributed by atoms with Crippen molar-refractivity contribution < 1.29 is 19.1 Å². The maximum absolute atomic E-state index is 12.8. The van der Waals surface area contributed by atoms with Crippen LogP contribution in [0.15, 0.2) is 22.7 Å². The maximum atomic E-state index is 12.8. The van der Waals surface area contributed by atoms with Crippen molar-refractivity contribution in [3.05, 3.63) is 28.2 Å². The Morgan fingerprint density at radius 2 is 1.76 bits per heavy atom. The lowest BCUT2D eigenvalue weighted by atomic mass is 9.81. The Kier molecular flexibility index (Phi) is 2.98. The van der Waals surface area contributed by atoms with E-state index in [1.165, 1.54) is 0 Å². The molecule has 1 aromatic rings. The van der Waals surface area contributed by atoms with Crippen LogP contribution >= 0.6 is 15.9 Å². The summed E-state index contributed by atoms with van der Waals surface area (Å²) in [5.41, 5.74) is 0.685. The van der Waals surface area contributed by atoms with Gasteiger partial charge in [-0.1, -0.05) is 22.0 Å². The number of hydrogen-bond donors (Lipinski definition) is 0. The molecule has 0 spiro atoms. The molecule has 1 unspecified atom stereocenters. The Bertz CT molecular complexity index is 613. The molecule has 2 heterocycles. The SMILES string of the molecule is COc1cc(Br)ccc1C1C(=O)[C@@H]2[C@H](C1=O)[C@H]1CC[C@@H]2O1. The van der Waals surface area contributed by atoms with Gasteiger partial charge in [0, 0.05) is 10.0 Å². The molecule has 0 N–H and O–H groups in total. The average Bonchev–Trinajstić information content (AvgIpc) is 3.14. The van der Waals surface area contributed by atoms with Gasteiger partial charge in [0.05, 0.1) is 31.2 Å². The van der Waals surface area contributed by atoms with Crippen LogP contribution in [0.5, 0.6) is 5.75 Å². The number of benzene rings is 1. The summed E-state index contributed by atoms with van der Waals surface area (Å²) in [6.07, 6.45) is 1.69. The number of carbonyl (C=O) groups excluding carboxylic acids is 2. The Balaban J connectivity index is 1.77. The van der Waals surface area contributed by atoms with Crippen LogP contribution in [0.3, 0.4) is 0 Å². The molecular weight excluding hydrogens is 336 g/mol. The second kappa shape index (κ2) is 4.65.